The average molecular weight is 454 g/mol. The SMILES string of the molecule is CCC1CC(OS(C)(=O)=O)CC1c1nnc2cnc3c(ccn3COCCSC)n12. The lowest BCUT2D eigenvalue weighted by molar-refractivity contribution is 0.0926. The summed E-state index contributed by atoms with van der Waals surface area (Å²) in [5.41, 5.74) is 2.41. The molecule has 0 N–H and O–H groups in total. The molecule has 0 radical (unpaired) electrons. The number of ether oxygens (including phenoxy) is 1. The van der Waals surface area contributed by atoms with Gasteiger partial charge in [-0.25, -0.2) is 4.98 Å². The summed E-state index contributed by atoms with van der Waals surface area (Å²) in [5, 5.41) is 8.80. The van der Waals surface area contributed by atoms with Crippen LogP contribution in [0.25, 0.3) is 16.8 Å². The number of hydrogen-bond donors (Lipinski definition) is 0. The average Bonchev–Trinajstić information content (AvgIpc) is 3.39. The predicted octanol–water partition coefficient (Wildman–Crippen LogP) is 2.66. The number of hydrogen-bond acceptors (Lipinski definition) is 8. The molecule has 9 nitrogen and oxygen atoms in total. The Balaban J connectivity index is 1.67. The second-order valence-corrected chi connectivity index (χ2v) is 10.3. The molecule has 0 bridgehead atoms. The van der Waals surface area contributed by atoms with Gasteiger partial charge in [0, 0.05) is 17.9 Å². The molecule has 0 saturated heterocycles. The lowest BCUT2D eigenvalue weighted by atomic mass is 9.93. The molecular formula is C19H27N5O4S2. The molecule has 164 valence electrons. The third-order valence-electron chi connectivity index (χ3n) is 5.65. The second kappa shape index (κ2) is 8.81. The number of rotatable bonds is 9. The van der Waals surface area contributed by atoms with Crippen molar-refractivity contribution in [1.82, 2.24) is 24.1 Å². The fraction of sp³-hybridized carbons (Fsp3) is 0.632. The molecular weight excluding hydrogens is 426 g/mol. The van der Waals surface area contributed by atoms with E-state index in [0.29, 0.717) is 31.8 Å². The molecule has 4 rings (SSSR count). The maximum atomic E-state index is 11.6. The zero-order valence-corrected chi connectivity index (χ0v) is 19.0. The maximum Gasteiger partial charge on any atom is 0.264 e. The van der Waals surface area contributed by atoms with Gasteiger partial charge in [-0.05, 0) is 31.1 Å². The van der Waals surface area contributed by atoms with Crippen molar-refractivity contribution in [3.8, 4) is 0 Å². The lowest BCUT2D eigenvalue weighted by Crippen LogP contribution is -2.14. The Morgan fingerprint density at radius 1 is 1.30 bits per heavy atom. The summed E-state index contributed by atoms with van der Waals surface area (Å²) in [6.07, 6.45) is 8.73. The van der Waals surface area contributed by atoms with Gasteiger partial charge >= 0.3 is 0 Å². The van der Waals surface area contributed by atoms with E-state index in [0.717, 1.165) is 35.4 Å². The first-order valence-electron chi connectivity index (χ1n) is 10.0. The molecule has 3 unspecified atom stereocenters. The highest BCUT2D eigenvalue weighted by molar-refractivity contribution is 7.98. The Hall–Kier alpha value is -1.69. The van der Waals surface area contributed by atoms with Crippen molar-refractivity contribution in [2.45, 2.75) is 44.9 Å². The normalized spacial score (nSPS) is 22.4. The van der Waals surface area contributed by atoms with Crippen LogP contribution in [0.15, 0.2) is 18.5 Å². The van der Waals surface area contributed by atoms with Crippen LogP contribution in [-0.4, -0.2) is 63.5 Å². The largest absolute Gasteiger partial charge is 0.360 e. The Morgan fingerprint density at radius 2 is 2.13 bits per heavy atom. The van der Waals surface area contributed by atoms with E-state index in [4.69, 9.17) is 8.92 Å². The molecule has 0 spiro atoms. The Morgan fingerprint density at radius 3 is 2.87 bits per heavy atom. The van der Waals surface area contributed by atoms with E-state index in [2.05, 4.69) is 28.4 Å². The van der Waals surface area contributed by atoms with E-state index >= 15 is 0 Å². The second-order valence-electron chi connectivity index (χ2n) is 7.70. The first-order valence-corrected chi connectivity index (χ1v) is 13.3. The summed E-state index contributed by atoms with van der Waals surface area (Å²) in [6.45, 7) is 3.23. The highest BCUT2D eigenvalue weighted by Crippen LogP contribution is 2.43. The summed E-state index contributed by atoms with van der Waals surface area (Å²) in [7, 11) is -3.49. The minimum Gasteiger partial charge on any atom is -0.360 e. The fourth-order valence-corrected chi connectivity index (χ4v) is 5.28. The van der Waals surface area contributed by atoms with Crippen LogP contribution in [-0.2, 0) is 25.8 Å². The number of fused-ring (bicyclic) bond motifs is 3. The summed E-state index contributed by atoms with van der Waals surface area (Å²) >= 11 is 1.75. The Labute approximate surface area is 180 Å². The maximum absolute atomic E-state index is 11.6. The van der Waals surface area contributed by atoms with Gasteiger partial charge in [0.2, 0.25) is 0 Å². The fourth-order valence-electron chi connectivity index (χ4n) is 4.34. The van der Waals surface area contributed by atoms with Gasteiger partial charge in [0.15, 0.2) is 11.3 Å². The summed E-state index contributed by atoms with van der Waals surface area (Å²) in [6, 6.07) is 2.00. The van der Waals surface area contributed by atoms with E-state index < -0.39 is 10.1 Å². The number of nitrogens with zero attached hydrogens (tertiary/aromatic N) is 5. The number of thioether (sulfide) groups is 1. The van der Waals surface area contributed by atoms with E-state index in [-0.39, 0.29) is 17.9 Å². The molecule has 1 aliphatic carbocycles. The molecule has 3 atom stereocenters. The smallest absolute Gasteiger partial charge is 0.264 e. The van der Waals surface area contributed by atoms with Gasteiger partial charge in [0.05, 0.1) is 30.7 Å². The van der Waals surface area contributed by atoms with Gasteiger partial charge in [-0.3, -0.25) is 8.58 Å². The quantitative estimate of drug-likeness (QED) is 0.360. The van der Waals surface area contributed by atoms with Crippen LogP contribution in [0.3, 0.4) is 0 Å². The first-order chi connectivity index (χ1) is 14.4. The summed E-state index contributed by atoms with van der Waals surface area (Å²) in [5.74, 6) is 2.14. The molecule has 0 aliphatic heterocycles. The number of aromatic nitrogens is 5. The highest BCUT2D eigenvalue weighted by atomic mass is 32.2. The van der Waals surface area contributed by atoms with Crippen LogP contribution in [0.4, 0.5) is 0 Å². The third kappa shape index (κ3) is 4.34. The van der Waals surface area contributed by atoms with E-state index in [1.807, 2.05) is 21.2 Å². The predicted molar refractivity (Wildman–Crippen MR) is 116 cm³/mol. The first kappa shape index (κ1) is 21.5. The van der Waals surface area contributed by atoms with E-state index in [9.17, 15) is 8.42 Å². The van der Waals surface area contributed by atoms with Crippen molar-refractivity contribution >= 4 is 38.7 Å². The Kier molecular flexibility index (Phi) is 6.33. The molecule has 0 aromatic carbocycles. The standard InChI is InChI=1S/C19H27N5O4S2/c1-4-13-9-14(28-30(3,25)26)10-15(13)18-22-21-17-11-20-19-16(24(17)18)5-6-23(19)12-27-7-8-29-2/h5-6,11,13-15H,4,7-10,12H2,1-3H3. The van der Waals surface area contributed by atoms with Crippen LogP contribution < -0.4 is 0 Å². The molecule has 3 heterocycles. The van der Waals surface area contributed by atoms with Gasteiger partial charge in [-0.15, -0.1) is 10.2 Å². The molecule has 30 heavy (non-hydrogen) atoms. The highest BCUT2D eigenvalue weighted by Gasteiger charge is 2.39. The van der Waals surface area contributed by atoms with Crippen molar-refractivity contribution in [3.05, 3.63) is 24.3 Å². The van der Waals surface area contributed by atoms with Crippen LogP contribution in [0.1, 0.15) is 37.9 Å². The molecule has 1 fully saturated rings. The minimum atomic E-state index is -3.49. The molecule has 3 aromatic rings. The van der Waals surface area contributed by atoms with Crippen molar-refractivity contribution in [1.29, 1.82) is 0 Å². The topological polar surface area (TPSA) is 101 Å². The third-order valence-corrected chi connectivity index (χ3v) is 6.85. The van der Waals surface area contributed by atoms with Crippen LogP contribution in [0, 0.1) is 5.92 Å². The van der Waals surface area contributed by atoms with Crippen molar-refractivity contribution < 1.29 is 17.3 Å². The molecule has 11 heteroatoms. The van der Waals surface area contributed by atoms with Crippen LogP contribution >= 0.6 is 11.8 Å². The lowest BCUT2D eigenvalue weighted by Gasteiger charge is -2.16. The molecule has 3 aromatic heterocycles. The van der Waals surface area contributed by atoms with Crippen LogP contribution in [0.2, 0.25) is 0 Å². The van der Waals surface area contributed by atoms with Crippen molar-refractivity contribution in [3.63, 3.8) is 0 Å². The van der Waals surface area contributed by atoms with E-state index in [1.54, 1.807) is 18.0 Å². The minimum absolute atomic E-state index is 0.0727. The van der Waals surface area contributed by atoms with E-state index in [1.165, 1.54) is 0 Å². The van der Waals surface area contributed by atoms with Gasteiger partial charge in [0.25, 0.3) is 10.1 Å². The summed E-state index contributed by atoms with van der Waals surface area (Å²) < 4.78 is 38.3. The Bertz CT molecular complexity index is 1130. The summed E-state index contributed by atoms with van der Waals surface area (Å²) in [4.78, 5) is 4.56. The van der Waals surface area contributed by atoms with Crippen molar-refractivity contribution in [2.24, 2.45) is 5.92 Å². The van der Waals surface area contributed by atoms with Gasteiger partial charge < -0.3 is 9.30 Å². The zero-order valence-electron chi connectivity index (χ0n) is 17.4. The van der Waals surface area contributed by atoms with Gasteiger partial charge in [0.1, 0.15) is 12.6 Å². The zero-order chi connectivity index (χ0) is 21.3. The molecule has 1 aliphatic rings. The van der Waals surface area contributed by atoms with Crippen LogP contribution in [0.5, 0.6) is 0 Å². The molecule has 0 amide bonds. The van der Waals surface area contributed by atoms with Crippen molar-refractivity contribution in [2.75, 3.05) is 24.9 Å². The van der Waals surface area contributed by atoms with Gasteiger partial charge in [-0.2, -0.15) is 20.2 Å². The monoisotopic (exact) mass is 453 g/mol. The molecule has 1 saturated carbocycles. The van der Waals surface area contributed by atoms with Gasteiger partial charge in [-0.1, -0.05) is 13.3 Å².